The number of carbonyl (C=O) groups is 1. The number of piperidine rings is 1. The molecule has 0 bridgehead atoms. The first-order chi connectivity index (χ1) is 17.9. The molecule has 37 heavy (non-hydrogen) atoms. The van der Waals surface area contributed by atoms with Gasteiger partial charge in [0.1, 0.15) is 12.1 Å². The van der Waals surface area contributed by atoms with Crippen LogP contribution in [0.5, 0.6) is 5.75 Å². The highest BCUT2D eigenvalue weighted by Gasteiger charge is 2.29. The predicted molar refractivity (Wildman–Crippen MR) is 147 cm³/mol. The summed E-state index contributed by atoms with van der Waals surface area (Å²) >= 11 is 0. The van der Waals surface area contributed by atoms with E-state index in [2.05, 4.69) is 62.1 Å². The second-order valence-electron chi connectivity index (χ2n) is 9.81. The highest BCUT2D eigenvalue weighted by atomic mass is 16.5. The van der Waals surface area contributed by atoms with Crippen LogP contribution in [-0.4, -0.2) is 64.6 Å². The molecule has 0 saturated carbocycles. The number of hydrogen-bond donors (Lipinski definition) is 1. The van der Waals surface area contributed by atoms with E-state index in [1.165, 1.54) is 11.9 Å². The van der Waals surface area contributed by atoms with Gasteiger partial charge in [0.2, 0.25) is 0 Å². The molecule has 3 aromatic rings. The minimum atomic E-state index is -0.0940. The second-order valence-corrected chi connectivity index (χ2v) is 9.81. The van der Waals surface area contributed by atoms with E-state index in [9.17, 15) is 4.79 Å². The standard InChI is InChI=1S/C29H38N6O2/c1-20-10-14-30-18-27(20)35(24-6-8-26(37-5)9-7-24)25-12-16-34(17-13-25)21(2)11-15-31-29(36)28-22(3)32-19-33-23(28)4/h6-10,14,18-19,21,25H,11-13,15-17H2,1-5H3,(H,31,36)/t21-/m1/s1. The lowest BCUT2D eigenvalue weighted by atomic mass is 9.98. The number of benzene rings is 1. The normalized spacial score (nSPS) is 15.3. The Labute approximate surface area is 220 Å². The maximum Gasteiger partial charge on any atom is 0.254 e. The Morgan fingerprint density at radius 3 is 2.41 bits per heavy atom. The number of pyridine rings is 1. The van der Waals surface area contributed by atoms with Crippen molar-refractivity contribution < 1.29 is 9.53 Å². The van der Waals surface area contributed by atoms with Crippen molar-refractivity contribution in [2.75, 3.05) is 31.6 Å². The molecular formula is C29H38N6O2. The number of anilines is 2. The second kappa shape index (κ2) is 12.1. The molecule has 0 unspecified atom stereocenters. The number of carbonyl (C=O) groups excluding carboxylic acids is 1. The molecule has 1 amide bonds. The summed E-state index contributed by atoms with van der Waals surface area (Å²) < 4.78 is 5.38. The maximum atomic E-state index is 12.7. The number of aromatic nitrogens is 3. The van der Waals surface area contributed by atoms with Gasteiger partial charge in [-0.05, 0) is 82.9 Å². The number of ether oxygens (including phenoxy) is 1. The molecule has 0 radical (unpaired) electrons. The minimum Gasteiger partial charge on any atom is -0.497 e. The van der Waals surface area contributed by atoms with E-state index >= 15 is 0 Å². The maximum absolute atomic E-state index is 12.7. The van der Waals surface area contributed by atoms with Crippen LogP contribution in [0, 0.1) is 20.8 Å². The third-order valence-corrected chi connectivity index (χ3v) is 7.41. The Kier molecular flexibility index (Phi) is 8.71. The van der Waals surface area contributed by atoms with Crippen molar-refractivity contribution >= 4 is 17.3 Å². The fourth-order valence-corrected chi connectivity index (χ4v) is 5.17. The van der Waals surface area contributed by atoms with Gasteiger partial charge in [-0.2, -0.15) is 0 Å². The van der Waals surface area contributed by atoms with Gasteiger partial charge in [-0.25, -0.2) is 9.97 Å². The lowest BCUT2D eigenvalue weighted by molar-refractivity contribution is 0.0943. The highest BCUT2D eigenvalue weighted by molar-refractivity contribution is 5.96. The van der Waals surface area contributed by atoms with Crippen molar-refractivity contribution in [3.05, 3.63) is 71.6 Å². The summed E-state index contributed by atoms with van der Waals surface area (Å²) in [6, 6.07) is 11.1. The topological polar surface area (TPSA) is 83.5 Å². The molecule has 1 fully saturated rings. The Balaban J connectivity index is 1.36. The summed E-state index contributed by atoms with van der Waals surface area (Å²) in [6.07, 6.45) is 8.32. The van der Waals surface area contributed by atoms with Gasteiger partial charge in [-0.15, -0.1) is 0 Å². The number of amides is 1. The van der Waals surface area contributed by atoms with E-state index in [1.54, 1.807) is 7.11 Å². The van der Waals surface area contributed by atoms with E-state index in [0.29, 0.717) is 35.6 Å². The number of methoxy groups -OCH3 is 1. The number of hydrogen-bond acceptors (Lipinski definition) is 7. The van der Waals surface area contributed by atoms with Gasteiger partial charge in [-0.1, -0.05) is 0 Å². The molecule has 0 aliphatic carbocycles. The van der Waals surface area contributed by atoms with Gasteiger partial charge in [-0.3, -0.25) is 9.78 Å². The number of likely N-dealkylation sites (tertiary alicyclic amines) is 1. The number of nitrogens with one attached hydrogen (secondary N) is 1. The van der Waals surface area contributed by atoms with Crippen LogP contribution in [0.4, 0.5) is 11.4 Å². The first-order valence-corrected chi connectivity index (χ1v) is 13.0. The molecule has 1 atom stereocenters. The molecule has 1 saturated heterocycles. The average molecular weight is 503 g/mol. The van der Waals surface area contributed by atoms with Crippen LogP contribution in [0.1, 0.15) is 53.5 Å². The van der Waals surface area contributed by atoms with E-state index < -0.39 is 0 Å². The van der Waals surface area contributed by atoms with E-state index in [0.717, 1.165) is 49.5 Å². The van der Waals surface area contributed by atoms with Gasteiger partial charge < -0.3 is 19.9 Å². The van der Waals surface area contributed by atoms with Crippen molar-refractivity contribution in [1.29, 1.82) is 0 Å². The van der Waals surface area contributed by atoms with Gasteiger partial charge in [0, 0.05) is 43.6 Å². The molecule has 1 aliphatic rings. The lowest BCUT2D eigenvalue weighted by Gasteiger charge is -2.42. The third kappa shape index (κ3) is 6.25. The Morgan fingerprint density at radius 1 is 1.11 bits per heavy atom. The zero-order valence-electron chi connectivity index (χ0n) is 22.6. The fraction of sp³-hybridized carbons (Fsp3) is 0.448. The largest absolute Gasteiger partial charge is 0.497 e. The molecule has 3 heterocycles. The average Bonchev–Trinajstić information content (AvgIpc) is 2.90. The Hall–Kier alpha value is -3.52. The van der Waals surface area contributed by atoms with E-state index in [4.69, 9.17) is 4.74 Å². The molecule has 4 rings (SSSR count). The molecule has 8 nitrogen and oxygen atoms in total. The first kappa shape index (κ1) is 26.5. The van der Waals surface area contributed by atoms with Gasteiger partial charge in [0.25, 0.3) is 5.91 Å². The molecule has 2 aromatic heterocycles. The number of rotatable bonds is 9. The molecule has 196 valence electrons. The van der Waals surface area contributed by atoms with Crippen molar-refractivity contribution in [3.63, 3.8) is 0 Å². The zero-order chi connectivity index (χ0) is 26.4. The fourth-order valence-electron chi connectivity index (χ4n) is 5.17. The van der Waals surface area contributed by atoms with Crippen LogP contribution in [0.2, 0.25) is 0 Å². The van der Waals surface area contributed by atoms with E-state index in [-0.39, 0.29) is 5.91 Å². The van der Waals surface area contributed by atoms with Crippen LogP contribution in [0.3, 0.4) is 0 Å². The third-order valence-electron chi connectivity index (χ3n) is 7.41. The molecule has 1 aromatic carbocycles. The molecular weight excluding hydrogens is 464 g/mol. The van der Waals surface area contributed by atoms with Crippen molar-refractivity contribution in [1.82, 2.24) is 25.2 Å². The van der Waals surface area contributed by atoms with Crippen LogP contribution in [0.15, 0.2) is 49.1 Å². The van der Waals surface area contributed by atoms with Crippen molar-refractivity contribution in [2.24, 2.45) is 0 Å². The highest BCUT2D eigenvalue weighted by Crippen LogP contribution is 2.34. The Bertz CT molecular complexity index is 1170. The first-order valence-electron chi connectivity index (χ1n) is 13.0. The summed E-state index contributed by atoms with van der Waals surface area (Å²) in [5.41, 5.74) is 5.53. The summed E-state index contributed by atoms with van der Waals surface area (Å²) in [6.45, 7) is 10.7. The summed E-state index contributed by atoms with van der Waals surface area (Å²) in [5, 5.41) is 3.07. The summed E-state index contributed by atoms with van der Waals surface area (Å²) in [5.74, 6) is 0.760. The number of aryl methyl sites for hydroxylation is 3. The lowest BCUT2D eigenvalue weighted by Crippen LogP contribution is -2.47. The van der Waals surface area contributed by atoms with Gasteiger partial charge in [0.05, 0.1) is 35.9 Å². The molecule has 8 heteroatoms. The van der Waals surface area contributed by atoms with Crippen LogP contribution < -0.4 is 15.0 Å². The summed E-state index contributed by atoms with van der Waals surface area (Å²) in [7, 11) is 1.69. The number of nitrogens with zero attached hydrogens (tertiary/aromatic N) is 5. The van der Waals surface area contributed by atoms with Crippen LogP contribution >= 0.6 is 0 Å². The van der Waals surface area contributed by atoms with E-state index in [1.807, 2.05) is 38.4 Å². The SMILES string of the molecule is COc1ccc(N(c2cnccc2C)C2CCN([C@H](C)CCNC(=O)c3c(C)ncnc3C)CC2)cc1. The Morgan fingerprint density at radius 2 is 1.78 bits per heavy atom. The van der Waals surface area contributed by atoms with Gasteiger partial charge >= 0.3 is 0 Å². The molecule has 0 spiro atoms. The van der Waals surface area contributed by atoms with Crippen LogP contribution in [0.25, 0.3) is 0 Å². The smallest absolute Gasteiger partial charge is 0.254 e. The van der Waals surface area contributed by atoms with Crippen molar-refractivity contribution in [2.45, 2.75) is 59.0 Å². The predicted octanol–water partition coefficient (Wildman–Crippen LogP) is 4.62. The van der Waals surface area contributed by atoms with Crippen molar-refractivity contribution in [3.8, 4) is 5.75 Å². The molecule has 1 aliphatic heterocycles. The monoisotopic (exact) mass is 502 g/mol. The van der Waals surface area contributed by atoms with Gasteiger partial charge in [0.15, 0.2) is 0 Å². The zero-order valence-corrected chi connectivity index (χ0v) is 22.6. The molecule has 1 N–H and O–H groups in total. The quantitative estimate of drug-likeness (QED) is 0.457. The van der Waals surface area contributed by atoms with Crippen LogP contribution in [-0.2, 0) is 0 Å². The minimum absolute atomic E-state index is 0.0940. The summed E-state index contributed by atoms with van der Waals surface area (Å²) in [4.78, 5) is 30.4.